The van der Waals surface area contributed by atoms with Crippen LogP contribution < -0.4 is 10.7 Å². The van der Waals surface area contributed by atoms with E-state index in [-0.39, 0.29) is 17.2 Å². The first-order valence-electron chi connectivity index (χ1n) is 9.88. The predicted octanol–water partition coefficient (Wildman–Crippen LogP) is 3.98. The zero-order valence-electron chi connectivity index (χ0n) is 17.7. The number of amides is 1. The van der Waals surface area contributed by atoms with E-state index in [0.29, 0.717) is 12.1 Å². The van der Waals surface area contributed by atoms with E-state index >= 15 is 0 Å². The summed E-state index contributed by atoms with van der Waals surface area (Å²) in [5.41, 5.74) is 7.50. The smallest absolute Gasteiger partial charge is 0.254 e. The largest absolute Gasteiger partial charge is 0.338 e. The summed E-state index contributed by atoms with van der Waals surface area (Å²) >= 11 is 0. The molecule has 29 heavy (non-hydrogen) atoms. The molecular formula is C24H29N3O2. The van der Waals surface area contributed by atoms with Gasteiger partial charge in [0.25, 0.3) is 5.91 Å². The number of hydrogen-bond donors (Lipinski definition) is 2. The summed E-state index contributed by atoms with van der Waals surface area (Å²) in [5.74, 6) is -0.351. The van der Waals surface area contributed by atoms with Crippen LogP contribution in [0.15, 0.2) is 60.3 Å². The zero-order valence-corrected chi connectivity index (χ0v) is 17.7. The number of ketones is 1. The molecular weight excluding hydrogens is 362 g/mol. The Morgan fingerprint density at radius 2 is 1.62 bits per heavy atom. The molecule has 0 radical (unpaired) electrons. The quantitative estimate of drug-likeness (QED) is 0.809. The maximum atomic E-state index is 13.4. The number of Topliss-reactive ketones (excluding diaryl/α,β-unsaturated/α-hetero) is 1. The molecule has 1 amide bonds. The number of rotatable bonds is 5. The molecule has 3 rings (SSSR count). The van der Waals surface area contributed by atoms with Crippen LogP contribution in [-0.2, 0) is 16.1 Å². The van der Waals surface area contributed by atoms with Gasteiger partial charge in [-0.2, -0.15) is 0 Å². The highest BCUT2D eigenvalue weighted by molar-refractivity contribution is 6.21. The zero-order chi connectivity index (χ0) is 21.2. The van der Waals surface area contributed by atoms with Crippen molar-refractivity contribution in [2.45, 2.75) is 52.7 Å². The normalized spacial score (nSPS) is 15.0. The second-order valence-electron chi connectivity index (χ2n) is 8.49. The van der Waals surface area contributed by atoms with Gasteiger partial charge in [-0.25, -0.2) is 5.43 Å². The van der Waals surface area contributed by atoms with Gasteiger partial charge in [-0.15, -0.1) is 0 Å². The van der Waals surface area contributed by atoms with Gasteiger partial charge in [-0.1, -0.05) is 54.6 Å². The van der Waals surface area contributed by atoms with E-state index in [1.807, 2.05) is 66.5 Å². The molecule has 0 spiro atoms. The molecule has 5 nitrogen and oxygen atoms in total. The highest BCUT2D eigenvalue weighted by atomic mass is 16.2. The third-order valence-electron chi connectivity index (χ3n) is 4.89. The molecule has 2 aromatic rings. The molecule has 2 aromatic carbocycles. The van der Waals surface area contributed by atoms with Gasteiger partial charge < -0.3 is 10.3 Å². The number of fused-ring (bicyclic) bond motifs is 1. The monoisotopic (exact) mass is 391 g/mol. The Morgan fingerprint density at radius 3 is 2.24 bits per heavy atom. The Labute approximate surface area is 172 Å². The van der Waals surface area contributed by atoms with Crippen molar-refractivity contribution in [3.05, 3.63) is 77.0 Å². The fourth-order valence-electron chi connectivity index (χ4n) is 3.60. The fraction of sp³-hybridized carbons (Fsp3) is 0.333. The number of benzene rings is 2. The summed E-state index contributed by atoms with van der Waals surface area (Å²) in [6.45, 7) is 10.4. The number of nitrogens with one attached hydrogen (secondary N) is 2. The molecule has 0 unspecified atom stereocenters. The van der Waals surface area contributed by atoms with E-state index in [2.05, 4.69) is 31.5 Å². The third kappa shape index (κ3) is 4.74. The number of carbonyl (C=O) groups excluding carboxylic acids is 2. The minimum atomic E-state index is -0.679. The molecule has 1 aliphatic rings. The molecule has 1 aliphatic heterocycles. The number of nitrogens with zero attached hydrogens (tertiary/aromatic N) is 1. The predicted molar refractivity (Wildman–Crippen MR) is 115 cm³/mol. The number of carbonyl (C=O) groups is 2. The van der Waals surface area contributed by atoms with E-state index in [1.165, 1.54) is 6.92 Å². The molecule has 152 valence electrons. The van der Waals surface area contributed by atoms with Crippen molar-refractivity contribution < 1.29 is 9.59 Å². The average Bonchev–Trinajstić information content (AvgIpc) is 2.66. The van der Waals surface area contributed by atoms with E-state index in [4.69, 9.17) is 0 Å². The van der Waals surface area contributed by atoms with Crippen LogP contribution in [0.2, 0.25) is 0 Å². The summed E-state index contributed by atoms with van der Waals surface area (Å²) in [4.78, 5) is 25.7. The van der Waals surface area contributed by atoms with Gasteiger partial charge >= 0.3 is 0 Å². The molecule has 0 fully saturated rings. The second kappa shape index (κ2) is 8.21. The molecule has 5 heteroatoms. The van der Waals surface area contributed by atoms with E-state index in [0.717, 1.165) is 22.4 Å². The van der Waals surface area contributed by atoms with Crippen molar-refractivity contribution in [3.8, 4) is 0 Å². The van der Waals surface area contributed by atoms with Crippen molar-refractivity contribution >= 4 is 17.3 Å². The minimum Gasteiger partial charge on any atom is -0.338 e. The lowest BCUT2D eigenvalue weighted by Gasteiger charge is -2.38. The Kier molecular flexibility index (Phi) is 5.89. The molecule has 2 N–H and O–H groups in total. The lowest BCUT2D eigenvalue weighted by atomic mass is 9.93. The molecule has 0 aromatic heterocycles. The molecule has 1 heterocycles. The number of allylic oxidation sites excluding steroid dienone is 1. The SMILES string of the molecule is CC(=O)[C@@H](NC(=O)C1=C(C)N(NC(C)(C)C)Cc2ccccc21)c1ccccc1. The Hall–Kier alpha value is -2.92. The van der Waals surface area contributed by atoms with Gasteiger partial charge in [-0.3, -0.25) is 9.59 Å². The number of hydrazine groups is 1. The van der Waals surface area contributed by atoms with Gasteiger partial charge in [-0.05, 0) is 51.3 Å². The van der Waals surface area contributed by atoms with Crippen LogP contribution in [0.1, 0.15) is 57.4 Å². The highest BCUT2D eigenvalue weighted by Crippen LogP contribution is 2.32. The summed E-state index contributed by atoms with van der Waals surface area (Å²) < 4.78 is 0. The Bertz CT molecular complexity index is 942. The minimum absolute atomic E-state index is 0.100. The van der Waals surface area contributed by atoms with Crippen molar-refractivity contribution in [2.75, 3.05) is 0 Å². The van der Waals surface area contributed by atoms with Gasteiger partial charge in [0.1, 0.15) is 6.04 Å². The average molecular weight is 392 g/mol. The fourth-order valence-corrected chi connectivity index (χ4v) is 3.60. The van der Waals surface area contributed by atoms with Crippen molar-refractivity contribution in [3.63, 3.8) is 0 Å². The molecule has 0 bridgehead atoms. The van der Waals surface area contributed by atoms with Crippen LogP contribution in [0.3, 0.4) is 0 Å². The van der Waals surface area contributed by atoms with Crippen LogP contribution in [0.4, 0.5) is 0 Å². The molecule has 0 aliphatic carbocycles. The Morgan fingerprint density at radius 1 is 1.00 bits per heavy atom. The van der Waals surface area contributed by atoms with Crippen LogP contribution >= 0.6 is 0 Å². The first-order chi connectivity index (χ1) is 13.7. The van der Waals surface area contributed by atoms with E-state index in [1.54, 1.807) is 0 Å². The van der Waals surface area contributed by atoms with Gasteiger partial charge in [0, 0.05) is 11.2 Å². The lowest BCUT2D eigenvalue weighted by molar-refractivity contribution is -0.124. The van der Waals surface area contributed by atoms with E-state index in [9.17, 15) is 9.59 Å². The van der Waals surface area contributed by atoms with Crippen molar-refractivity contribution in [1.29, 1.82) is 0 Å². The maximum Gasteiger partial charge on any atom is 0.254 e. The molecule has 0 saturated carbocycles. The van der Waals surface area contributed by atoms with Crippen molar-refractivity contribution in [1.82, 2.24) is 15.8 Å². The van der Waals surface area contributed by atoms with Gasteiger partial charge in [0.15, 0.2) is 5.78 Å². The second-order valence-corrected chi connectivity index (χ2v) is 8.49. The van der Waals surface area contributed by atoms with E-state index < -0.39 is 6.04 Å². The summed E-state index contributed by atoms with van der Waals surface area (Å²) in [5, 5.41) is 4.97. The first kappa shape index (κ1) is 20.8. The van der Waals surface area contributed by atoms with Crippen LogP contribution in [0, 0.1) is 0 Å². The number of hydrogen-bond acceptors (Lipinski definition) is 4. The standard InChI is InChI=1S/C24H29N3O2/c1-16-21(23(29)25-22(17(2)28)18-11-7-6-8-12-18)20-14-10-9-13-19(20)15-27(16)26-24(3,4)5/h6-14,22,26H,15H2,1-5H3,(H,25,29)/t22-/m1/s1. The maximum absolute atomic E-state index is 13.4. The summed E-state index contributed by atoms with van der Waals surface area (Å²) in [7, 11) is 0. The summed E-state index contributed by atoms with van der Waals surface area (Å²) in [6, 6.07) is 16.6. The molecule has 1 atom stereocenters. The Balaban J connectivity index is 1.99. The molecule has 0 saturated heterocycles. The van der Waals surface area contributed by atoms with Crippen LogP contribution in [0.5, 0.6) is 0 Å². The lowest BCUT2D eigenvalue weighted by Crippen LogP contribution is -2.49. The first-order valence-corrected chi connectivity index (χ1v) is 9.88. The van der Waals surface area contributed by atoms with Crippen molar-refractivity contribution in [2.24, 2.45) is 0 Å². The third-order valence-corrected chi connectivity index (χ3v) is 4.89. The van der Waals surface area contributed by atoms with Gasteiger partial charge in [0.05, 0.1) is 12.1 Å². The van der Waals surface area contributed by atoms with Crippen LogP contribution in [-0.4, -0.2) is 22.2 Å². The van der Waals surface area contributed by atoms with Gasteiger partial charge in [0.2, 0.25) is 0 Å². The topological polar surface area (TPSA) is 61.4 Å². The highest BCUT2D eigenvalue weighted by Gasteiger charge is 2.30. The summed E-state index contributed by atoms with van der Waals surface area (Å²) in [6.07, 6.45) is 0. The van der Waals surface area contributed by atoms with Crippen LogP contribution in [0.25, 0.3) is 5.57 Å².